The number of carbonyl (C=O) groups is 2. The Morgan fingerprint density at radius 3 is 2.42 bits per heavy atom. The molecule has 8 heteroatoms. The number of aryl methyl sites for hydroxylation is 1. The van der Waals surface area contributed by atoms with Crippen LogP contribution in [0.3, 0.4) is 0 Å². The first kappa shape index (κ1) is 21.7. The summed E-state index contributed by atoms with van der Waals surface area (Å²) in [4.78, 5) is 27.1. The lowest BCUT2D eigenvalue weighted by Gasteiger charge is -2.29. The van der Waals surface area contributed by atoms with Gasteiger partial charge in [-0.2, -0.15) is 0 Å². The predicted octanol–water partition coefficient (Wildman–Crippen LogP) is 5.18. The maximum atomic E-state index is 13.3. The number of hydrogen-bond acceptors (Lipinski definition) is 3. The third-order valence-corrected chi connectivity index (χ3v) is 6.37. The van der Waals surface area contributed by atoms with Crippen LogP contribution in [0.4, 0.5) is 5.69 Å². The normalized spacial score (nSPS) is 15.5. The molecule has 2 amide bonds. The van der Waals surface area contributed by atoms with E-state index < -0.39 is 11.8 Å². The van der Waals surface area contributed by atoms with Crippen LogP contribution in [0.5, 0.6) is 0 Å². The van der Waals surface area contributed by atoms with Crippen molar-refractivity contribution in [3.05, 3.63) is 85.7 Å². The van der Waals surface area contributed by atoms with Crippen molar-refractivity contribution in [3.8, 4) is 5.69 Å². The van der Waals surface area contributed by atoms with Crippen LogP contribution in [-0.4, -0.2) is 21.5 Å². The molecular formula is C23H17ClIN3O2S. The third-order valence-electron chi connectivity index (χ3n) is 5.05. The van der Waals surface area contributed by atoms with Crippen LogP contribution in [0.1, 0.15) is 17.0 Å². The van der Waals surface area contributed by atoms with E-state index in [4.69, 9.17) is 23.8 Å². The molecule has 31 heavy (non-hydrogen) atoms. The molecule has 4 rings (SSSR count). The Hall–Kier alpha value is -2.49. The molecule has 0 atom stereocenters. The van der Waals surface area contributed by atoms with Gasteiger partial charge in [0.2, 0.25) is 0 Å². The van der Waals surface area contributed by atoms with E-state index in [1.54, 1.807) is 30.3 Å². The molecule has 1 aromatic heterocycles. The molecule has 0 radical (unpaired) electrons. The van der Waals surface area contributed by atoms with Crippen molar-refractivity contribution in [3.63, 3.8) is 0 Å². The summed E-state index contributed by atoms with van der Waals surface area (Å²) in [6, 6.07) is 17.0. The molecule has 0 saturated carbocycles. The SMILES string of the molecule is Cc1cc(/C=C2/C(=O)NC(=S)N(c3ccccc3Cl)C2=O)c(C)n1-c1ccc(I)cc1. The number of nitrogens with zero attached hydrogens (tertiary/aromatic N) is 2. The second-order valence-electron chi connectivity index (χ2n) is 7.05. The van der Waals surface area contributed by atoms with Gasteiger partial charge in [0.05, 0.1) is 10.7 Å². The predicted molar refractivity (Wildman–Crippen MR) is 136 cm³/mol. The topological polar surface area (TPSA) is 54.3 Å². The minimum atomic E-state index is -0.530. The van der Waals surface area contributed by atoms with Gasteiger partial charge in [-0.3, -0.25) is 19.8 Å². The van der Waals surface area contributed by atoms with Crippen molar-refractivity contribution in [1.29, 1.82) is 0 Å². The molecule has 1 N–H and O–H groups in total. The number of amides is 2. The number of para-hydroxylation sites is 1. The lowest BCUT2D eigenvalue weighted by Crippen LogP contribution is -2.54. The van der Waals surface area contributed by atoms with Crippen LogP contribution in [-0.2, 0) is 9.59 Å². The van der Waals surface area contributed by atoms with Gasteiger partial charge in [0, 0.05) is 20.6 Å². The van der Waals surface area contributed by atoms with E-state index >= 15 is 0 Å². The van der Waals surface area contributed by atoms with E-state index in [0.29, 0.717) is 10.7 Å². The second kappa shape index (κ2) is 8.57. The molecule has 0 unspecified atom stereocenters. The molecule has 0 bridgehead atoms. The fourth-order valence-electron chi connectivity index (χ4n) is 3.59. The maximum Gasteiger partial charge on any atom is 0.270 e. The Kier molecular flexibility index (Phi) is 6.00. The smallest absolute Gasteiger partial charge is 0.270 e. The number of anilines is 1. The average molecular weight is 562 g/mol. The Balaban J connectivity index is 1.77. The highest BCUT2D eigenvalue weighted by Crippen LogP contribution is 2.30. The number of benzene rings is 2. The molecule has 1 aliphatic rings. The summed E-state index contributed by atoms with van der Waals surface area (Å²) in [5, 5.41) is 2.97. The summed E-state index contributed by atoms with van der Waals surface area (Å²) in [5.74, 6) is -1.04. The Morgan fingerprint density at radius 1 is 1.06 bits per heavy atom. The summed E-state index contributed by atoms with van der Waals surface area (Å²) in [5.41, 5.74) is 4.13. The van der Waals surface area contributed by atoms with Gasteiger partial charge in [0.1, 0.15) is 5.57 Å². The average Bonchev–Trinajstić information content (AvgIpc) is 3.00. The fourth-order valence-corrected chi connectivity index (χ4v) is 4.44. The van der Waals surface area contributed by atoms with Crippen molar-refractivity contribution in [2.45, 2.75) is 13.8 Å². The van der Waals surface area contributed by atoms with E-state index in [1.807, 2.05) is 44.2 Å². The largest absolute Gasteiger partial charge is 0.318 e. The highest BCUT2D eigenvalue weighted by molar-refractivity contribution is 14.1. The lowest BCUT2D eigenvalue weighted by molar-refractivity contribution is -0.122. The standard InChI is InChI=1S/C23H17ClIN3O2S/c1-13-11-15(14(2)27(13)17-9-7-16(25)8-10-17)12-18-21(29)26-23(31)28(22(18)30)20-6-4-3-5-19(20)24/h3-12H,1-2H3,(H,26,29,31)/b18-12-. The molecular weight excluding hydrogens is 545 g/mol. The molecule has 0 aliphatic carbocycles. The first-order valence-electron chi connectivity index (χ1n) is 9.39. The zero-order chi connectivity index (χ0) is 22.3. The summed E-state index contributed by atoms with van der Waals surface area (Å²) in [6.45, 7) is 3.94. The maximum absolute atomic E-state index is 13.3. The van der Waals surface area contributed by atoms with Crippen LogP contribution < -0.4 is 10.2 Å². The number of thiocarbonyl (C=S) groups is 1. The number of hydrogen-bond donors (Lipinski definition) is 1. The molecule has 156 valence electrons. The Morgan fingerprint density at radius 2 is 1.74 bits per heavy atom. The van der Waals surface area contributed by atoms with Crippen LogP contribution in [0.2, 0.25) is 5.02 Å². The van der Waals surface area contributed by atoms with Crippen LogP contribution in [0.15, 0.2) is 60.2 Å². The van der Waals surface area contributed by atoms with Crippen molar-refractivity contribution in [2.24, 2.45) is 0 Å². The lowest BCUT2D eigenvalue weighted by atomic mass is 10.1. The van der Waals surface area contributed by atoms with Gasteiger partial charge in [-0.1, -0.05) is 23.7 Å². The summed E-state index contributed by atoms with van der Waals surface area (Å²) < 4.78 is 3.23. The van der Waals surface area contributed by atoms with E-state index in [9.17, 15) is 9.59 Å². The number of halogens is 2. The molecule has 5 nitrogen and oxygen atoms in total. The van der Waals surface area contributed by atoms with Crippen molar-refractivity contribution in [2.75, 3.05) is 4.90 Å². The minimum absolute atomic E-state index is 0.00335. The highest BCUT2D eigenvalue weighted by atomic mass is 127. The van der Waals surface area contributed by atoms with Gasteiger partial charge in [-0.25, -0.2) is 0 Å². The fraction of sp³-hybridized carbons (Fsp3) is 0.0870. The number of nitrogens with one attached hydrogen (secondary N) is 1. The molecule has 1 fully saturated rings. The van der Waals surface area contributed by atoms with Crippen molar-refractivity contribution in [1.82, 2.24) is 9.88 Å². The molecule has 2 aromatic carbocycles. The van der Waals surface area contributed by atoms with E-state index in [-0.39, 0.29) is 10.7 Å². The first-order valence-corrected chi connectivity index (χ1v) is 11.3. The zero-order valence-corrected chi connectivity index (χ0v) is 20.4. The van der Waals surface area contributed by atoms with Crippen LogP contribution in [0, 0.1) is 17.4 Å². The minimum Gasteiger partial charge on any atom is -0.318 e. The van der Waals surface area contributed by atoms with Gasteiger partial charge in [0.15, 0.2) is 5.11 Å². The Bertz CT molecular complexity index is 1260. The Labute approximate surface area is 203 Å². The number of rotatable bonds is 3. The van der Waals surface area contributed by atoms with E-state index in [1.165, 1.54) is 4.90 Å². The molecule has 0 spiro atoms. The quantitative estimate of drug-likeness (QED) is 0.207. The van der Waals surface area contributed by atoms with Gasteiger partial charge < -0.3 is 4.57 Å². The van der Waals surface area contributed by atoms with Crippen LogP contribution in [0.25, 0.3) is 11.8 Å². The summed E-state index contributed by atoms with van der Waals surface area (Å²) >= 11 is 13.8. The summed E-state index contributed by atoms with van der Waals surface area (Å²) in [7, 11) is 0. The van der Waals surface area contributed by atoms with Gasteiger partial charge >= 0.3 is 0 Å². The van der Waals surface area contributed by atoms with Gasteiger partial charge in [-0.15, -0.1) is 0 Å². The number of carbonyl (C=O) groups excluding carboxylic acids is 2. The highest BCUT2D eigenvalue weighted by Gasteiger charge is 2.35. The van der Waals surface area contributed by atoms with Crippen molar-refractivity contribution >= 4 is 75.1 Å². The van der Waals surface area contributed by atoms with Crippen molar-refractivity contribution < 1.29 is 9.59 Å². The third kappa shape index (κ3) is 4.05. The van der Waals surface area contributed by atoms with Gasteiger partial charge in [0.25, 0.3) is 11.8 Å². The second-order valence-corrected chi connectivity index (χ2v) is 9.09. The molecule has 1 saturated heterocycles. The first-order chi connectivity index (χ1) is 14.8. The number of aromatic nitrogens is 1. The van der Waals surface area contributed by atoms with E-state index in [2.05, 4.69) is 32.5 Å². The molecule has 1 aliphatic heterocycles. The monoisotopic (exact) mass is 561 g/mol. The summed E-state index contributed by atoms with van der Waals surface area (Å²) in [6.07, 6.45) is 1.61. The molecule has 2 heterocycles. The molecule has 3 aromatic rings. The zero-order valence-electron chi connectivity index (χ0n) is 16.6. The van der Waals surface area contributed by atoms with E-state index in [0.717, 1.165) is 26.2 Å². The van der Waals surface area contributed by atoms with Crippen LogP contribution >= 0.6 is 46.4 Å². The van der Waals surface area contributed by atoms with Gasteiger partial charge in [-0.05, 0) is 103 Å².